The molecule has 0 bridgehead atoms. The van der Waals surface area contributed by atoms with Crippen LogP contribution in [0.5, 0.6) is 0 Å². The van der Waals surface area contributed by atoms with Gasteiger partial charge in [-0.3, -0.25) is 0 Å². The van der Waals surface area contributed by atoms with E-state index in [0.717, 1.165) is 6.54 Å². The van der Waals surface area contributed by atoms with Crippen LogP contribution in [0.25, 0.3) is 0 Å². The van der Waals surface area contributed by atoms with Crippen LogP contribution in [-0.2, 0) is 6.54 Å². The first kappa shape index (κ1) is 15.4. The molecule has 0 saturated carbocycles. The molecule has 2 aromatic rings. The summed E-state index contributed by atoms with van der Waals surface area (Å²) in [6.45, 7) is 7.46. The summed E-state index contributed by atoms with van der Waals surface area (Å²) in [4.78, 5) is 2.13. The summed E-state index contributed by atoms with van der Waals surface area (Å²) < 4.78 is 0. The predicted octanol–water partition coefficient (Wildman–Crippen LogP) is 4.80. The lowest BCUT2D eigenvalue weighted by Gasteiger charge is -2.16. The number of anilines is 2. The lowest BCUT2D eigenvalue weighted by atomic mass is 10.0. The van der Waals surface area contributed by atoms with E-state index in [1.165, 1.54) is 28.1 Å². The minimum Gasteiger partial charge on any atom is -0.381 e. The Kier molecular flexibility index (Phi) is 4.89. The van der Waals surface area contributed by atoms with E-state index in [-0.39, 0.29) is 0 Å². The second-order valence-electron chi connectivity index (χ2n) is 6.14. The monoisotopic (exact) mass is 282 g/mol. The minimum absolute atomic E-state index is 0.591. The van der Waals surface area contributed by atoms with Crippen molar-refractivity contribution >= 4 is 11.4 Å². The van der Waals surface area contributed by atoms with Gasteiger partial charge in [0.05, 0.1) is 0 Å². The van der Waals surface area contributed by atoms with Crippen molar-refractivity contribution in [2.75, 3.05) is 24.3 Å². The predicted molar refractivity (Wildman–Crippen MR) is 93.4 cm³/mol. The summed E-state index contributed by atoms with van der Waals surface area (Å²) in [6.07, 6.45) is 0. The van der Waals surface area contributed by atoms with Gasteiger partial charge in [-0.1, -0.05) is 38.1 Å². The lowest BCUT2D eigenvalue weighted by molar-refractivity contribution is 0.865. The Morgan fingerprint density at radius 3 is 2.19 bits per heavy atom. The maximum atomic E-state index is 3.53. The summed E-state index contributed by atoms with van der Waals surface area (Å²) in [6, 6.07) is 15.4. The number of rotatable bonds is 5. The Morgan fingerprint density at radius 2 is 1.67 bits per heavy atom. The smallest absolute Gasteiger partial charge is 0.0400 e. The van der Waals surface area contributed by atoms with Crippen molar-refractivity contribution in [2.45, 2.75) is 33.2 Å². The van der Waals surface area contributed by atoms with E-state index in [1.54, 1.807) is 0 Å². The Balaban J connectivity index is 2.02. The molecule has 0 amide bonds. The highest BCUT2D eigenvalue weighted by Crippen LogP contribution is 2.22. The summed E-state index contributed by atoms with van der Waals surface area (Å²) in [5, 5.41) is 3.53. The maximum Gasteiger partial charge on any atom is 0.0400 e. The molecule has 0 aliphatic rings. The van der Waals surface area contributed by atoms with Crippen LogP contribution < -0.4 is 10.2 Å². The van der Waals surface area contributed by atoms with E-state index in [0.29, 0.717) is 5.92 Å². The van der Waals surface area contributed by atoms with Gasteiger partial charge in [-0.25, -0.2) is 0 Å². The average Bonchev–Trinajstić information content (AvgIpc) is 2.46. The second kappa shape index (κ2) is 6.66. The molecule has 0 atom stereocenters. The minimum atomic E-state index is 0.591. The van der Waals surface area contributed by atoms with Crippen molar-refractivity contribution in [3.63, 3.8) is 0 Å². The summed E-state index contributed by atoms with van der Waals surface area (Å²) in [5.41, 5.74) is 6.42. The van der Waals surface area contributed by atoms with Crippen LogP contribution in [0.15, 0.2) is 42.5 Å². The van der Waals surface area contributed by atoms with Gasteiger partial charge < -0.3 is 10.2 Å². The van der Waals surface area contributed by atoms with Crippen LogP contribution in [-0.4, -0.2) is 14.1 Å². The zero-order valence-corrected chi connectivity index (χ0v) is 13.8. The van der Waals surface area contributed by atoms with Gasteiger partial charge in [0.15, 0.2) is 0 Å². The first-order valence-electron chi connectivity index (χ1n) is 7.58. The molecule has 2 rings (SSSR count). The molecular formula is C19H26N2. The molecule has 0 radical (unpaired) electrons. The third-order valence-electron chi connectivity index (χ3n) is 3.86. The van der Waals surface area contributed by atoms with Crippen LogP contribution in [0.3, 0.4) is 0 Å². The van der Waals surface area contributed by atoms with Crippen molar-refractivity contribution in [1.82, 2.24) is 0 Å². The molecule has 112 valence electrons. The zero-order chi connectivity index (χ0) is 15.4. The molecular weight excluding hydrogens is 256 g/mol. The molecule has 0 aliphatic heterocycles. The maximum absolute atomic E-state index is 3.53. The number of benzene rings is 2. The van der Waals surface area contributed by atoms with Crippen LogP contribution in [0, 0.1) is 6.92 Å². The van der Waals surface area contributed by atoms with Gasteiger partial charge in [0.2, 0.25) is 0 Å². The van der Waals surface area contributed by atoms with Crippen molar-refractivity contribution in [1.29, 1.82) is 0 Å². The van der Waals surface area contributed by atoms with E-state index >= 15 is 0 Å². The van der Waals surface area contributed by atoms with Crippen molar-refractivity contribution in [3.05, 3.63) is 59.2 Å². The molecule has 0 aromatic heterocycles. The van der Waals surface area contributed by atoms with Crippen LogP contribution in [0.2, 0.25) is 0 Å². The topological polar surface area (TPSA) is 15.3 Å². The van der Waals surface area contributed by atoms with Crippen molar-refractivity contribution < 1.29 is 0 Å². The van der Waals surface area contributed by atoms with Gasteiger partial charge in [-0.15, -0.1) is 0 Å². The van der Waals surface area contributed by atoms with E-state index in [2.05, 4.69) is 87.5 Å². The molecule has 2 heteroatoms. The number of nitrogens with one attached hydrogen (secondary N) is 1. The summed E-state index contributed by atoms with van der Waals surface area (Å²) in [7, 11) is 4.14. The SMILES string of the molecule is Cc1cc(N(C)C)ccc1NCc1ccc(C(C)C)cc1. The second-order valence-corrected chi connectivity index (χ2v) is 6.14. The van der Waals surface area contributed by atoms with Gasteiger partial charge in [0.1, 0.15) is 0 Å². The number of nitrogens with zero attached hydrogens (tertiary/aromatic N) is 1. The van der Waals surface area contributed by atoms with E-state index in [4.69, 9.17) is 0 Å². The molecule has 1 N–H and O–H groups in total. The van der Waals surface area contributed by atoms with Gasteiger partial charge in [0.25, 0.3) is 0 Å². The van der Waals surface area contributed by atoms with Crippen molar-refractivity contribution in [2.24, 2.45) is 0 Å². The highest BCUT2D eigenvalue weighted by Gasteiger charge is 2.02. The van der Waals surface area contributed by atoms with E-state index in [1.807, 2.05) is 0 Å². The largest absolute Gasteiger partial charge is 0.381 e. The molecule has 0 saturated heterocycles. The van der Waals surface area contributed by atoms with Crippen LogP contribution in [0.4, 0.5) is 11.4 Å². The van der Waals surface area contributed by atoms with Crippen LogP contribution >= 0.6 is 0 Å². The van der Waals surface area contributed by atoms with Gasteiger partial charge in [0, 0.05) is 32.0 Å². The molecule has 2 nitrogen and oxygen atoms in total. The Hall–Kier alpha value is -1.96. The van der Waals surface area contributed by atoms with E-state index in [9.17, 15) is 0 Å². The van der Waals surface area contributed by atoms with Crippen molar-refractivity contribution in [3.8, 4) is 0 Å². The number of hydrogen-bond acceptors (Lipinski definition) is 2. The highest BCUT2D eigenvalue weighted by atomic mass is 15.1. The fourth-order valence-corrected chi connectivity index (χ4v) is 2.34. The molecule has 0 heterocycles. The number of aryl methyl sites for hydroxylation is 1. The fourth-order valence-electron chi connectivity index (χ4n) is 2.34. The third kappa shape index (κ3) is 4.01. The van der Waals surface area contributed by atoms with Gasteiger partial charge >= 0.3 is 0 Å². The molecule has 21 heavy (non-hydrogen) atoms. The zero-order valence-electron chi connectivity index (χ0n) is 13.8. The Morgan fingerprint density at radius 1 is 1.00 bits per heavy atom. The van der Waals surface area contributed by atoms with Gasteiger partial charge in [-0.05, 0) is 47.7 Å². The first-order chi connectivity index (χ1) is 9.97. The Bertz CT molecular complexity index is 583. The molecule has 0 aliphatic carbocycles. The normalized spacial score (nSPS) is 10.8. The number of hydrogen-bond donors (Lipinski definition) is 1. The lowest BCUT2D eigenvalue weighted by Crippen LogP contribution is -2.09. The molecule has 0 fully saturated rings. The molecule has 2 aromatic carbocycles. The first-order valence-corrected chi connectivity index (χ1v) is 7.58. The van der Waals surface area contributed by atoms with Crippen LogP contribution in [0.1, 0.15) is 36.5 Å². The standard InChI is InChI=1S/C19H26N2/c1-14(2)17-8-6-16(7-9-17)13-20-19-11-10-18(21(4)5)12-15(19)3/h6-12,14,20H,13H2,1-5H3. The average molecular weight is 282 g/mol. The summed E-state index contributed by atoms with van der Waals surface area (Å²) >= 11 is 0. The highest BCUT2D eigenvalue weighted by molar-refractivity contribution is 5.59. The van der Waals surface area contributed by atoms with Gasteiger partial charge in [-0.2, -0.15) is 0 Å². The molecule has 0 spiro atoms. The fraction of sp³-hybridized carbons (Fsp3) is 0.368. The molecule has 0 unspecified atom stereocenters. The third-order valence-corrected chi connectivity index (χ3v) is 3.86. The van der Waals surface area contributed by atoms with E-state index < -0.39 is 0 Å². The Labute approximate surface area is 128 Å². The summed E-state index contributed by atoms with van der Waals surface area (Å²) in [5.74, 6) is 0.591. The quantitative estimate of drug-likeness (QED) is 0.847.